The molecule has 1 amide bonds. The molecule has 122 valence electrons. The summed E-state index contributed by atoms with van der Waals surface area (Å²) in [6.07, 6.45) is 7.49. The van der Waals surface area contributed by atoms with Crippen LogP contribution in [-0.2, 0) is 11.3 Å². The summed E-state index contributed by atoms with van der Waals surface area (Å²) in [6, 6.07) is 2.64. The van der Waals surface area contributed by atoms with Gasteiger partial charge in [-0.2, -0.15) is 23.1 Å². The van der Waals surface area contributed by atoms with Crippen LogP contribution in [-0.4, -0.2) is 41.9 Å². The first kappa shape index (κ1) is 16.3. The van der Waals surface area contributed by atoms with E-state index in [0.717, 1.165) is 31.8 Å². The fourth-order valence-corrected chi connectivity index (χ4v) is 4.78. The highest BCUT2D eigenvalue weighted by Crippen LogP contribution is 2.56. The Kier molecular flexibility index (Phi) is 5.47. The van der Waals surface area contributed by atoms with Crippen LogP contribution in [0.5, 0.6) is 0 Å². The van der Waals surface area contributed by atoms with E-state index in [9.17, 15) is 4.79 Å². The SMILES string of the molecule is CSCCCC(=O)N(Cc1ccsc1)[C@H]1CC12CCNCC2. The lowest BCUT2D eigenvalue weighted by Crippen LogP contribution is -2.39. The van der Waals surface area contributed by atoms with Crippen molar-refractivity contribution in [3.8, 4) is 0 Å². The average molecular weight is 339 g/mol. The van der Waals surface area contributed by atoms with Gasteiger partial charge in [-0.25, -0.2) is 0 Å². The molecule has 5 heteroatoms. The van der Waals surface area contributed by atoms with E-state index in [1.54, 1.807) is 11.3 Å². The van der Waals surface area contributed by atoms with Gasteiger partial charge in [-0.05, 0) is 78.6 Å². The van der Waals surface area contributed by atoms with E-state index < -0.39 is 0 Å². The fraction of sp³-hybridized carbons (Fsp3) is 0.706. The van der Waals surface area contributed by atoms with Gasteiger partial charge in [0.05, 0.1) is 0 Å². The lowest BCUT2D eigenvalue weighted by atomic mass is 9.93. The summed E-state index contributed by atoms with van der Waals surface area (Å²) in [5, 5.41) is 7.74. The smallest absolute Gasteiger partial charge is 0.223 e. The molecular formula is C17H26N2OS2. The first-order valence-electron chi connectivity index (χ1n) is 8.25. The van der Waals surface area contributed by atoms with Crippen LogP contribution in [0.1, 0.15) is 37.7 Å². The standard InChI is InChI=1S/C17H26N2OS2/c1-21-9-2-3-16(20)19(12-14-4-10-22-13-14)15-11-17(15)5-7-18-8-6-17/h4,10,13,15,18H,2-3,5-9,11-12H2,1H3/t15-/m0/s1. The third kappa shape index (κ3) is 3.69. The third-order valence-electron chi connectivity index (χ3n) is 5.11. The first-order valence-corrected chi connectivity index (χ1v) is 10.6. The summed E-state index contributed by atoms with van der Waals surface area (Å²) in [6.45, 7) is 3.04. The van der Waals surface area contributed by atoms with Crippen molar-refractivity contribution in [2.24, 2.45) is 5.41 Å². The summed E-state index contributed by atoms with van der Waals surface area (Å²) in [4.78, 5) is 15.0. The molecule has 22 heavy (non-hydrogen) atoms. The van der Waals surface area contributed by atoms with Gasteiger partial charge in [-0.1, -0.05) is 0 Å². The van der Waals surface area contributed by atoms with E-state index in [2.05, 4.69) is 33.3 Å². The monoisotopic (exact) mass is 338 g/mol. The van der Waals surface area contributed by atoms with Crippen LogP contribution in [0.4, 0.5) is 0 Å². The molecule has 1 aliphatic carbocycles. The lowest BCUT2D eigenvalue weighted by Gasteiger charge is -2.29. The zero-order valence-corrected chi connectivity index (χ0v) is 15.0. The zero-order valence-electron chi connectivity index (χ0n) is 13.3. The molecule has 1 N–H and O–H groups in total. The molecule has 0 unspecified atom stereocenters. The molecule has 0 radical (unpaired) electrons. The molecule has 1 aliphatic heterocycles. The minimum atomic E-state index is 0.362. The van der Waals surface area contributed by atoms with Crippen molar-refractivity contribution in [2.45, 2.75) is 44.7 Å². The predicted octanol–water partition coefficient (Wildman–Crippen LogP) is 3.36. The van der Waals surface area contributed by atoms with Gasteiger partial charge in [0.25, 0.3) is 0 Å². The van der Waals surface area contributed by atoms with Crippen LogP contribution in [0, 0.1) is 5.41 Å². The molecule has 2 fully saturated rings. The number of hydrogen-bond donors (Lipinski definition) is 1. The average Bonchev–Trinajstić information content (AvgIpc) is 2.98. The van der Waals surface area contributed by atoms with Crippen LogP contribution in [0.2, 0.25) is 0 Å². The van der Waals surface area contributed by atoms with Crippen molar-refractivity contribution in [3.63, 3.8) is 0 Å². The second-order valence-electron chi connectivity index (χ2n) is 6.58. The molecule has 1 aromatic rings. The maximum Gasteiger partial charge on any atom is 0.223 e. The van der Waals surface area contributed by atoms with Crippen LogP contribution < -0.4 is 5.32 Å². The minimum Gasteiger partial charge on any atom is -0.335 e. The van der Waals surface area contributed by atoms with E-state index in [0.29, 0.717) is 23.8 Å². The lowest BCUT2D eigenvalue weighted by molar-refractivity contribution is -0.133. The van der Waals surface area contributed by atoms with Crippen molar-refractivity contribution < 1.29 is 4.79 Å². The summed E-state index contributed by atoms with van der Waals surface area (Å²) >= 11 is 3.55. The first-order chi connectivity index (χ1) is 10.7. The number of carbonyl (C=O) groups excluding carboxylic acids is 1. The number of rotatable bonds is 7. The molecule has 2 heterocycles. The minimum absolute atomic E-state index is 0.362. The van der Waals surface area contributed by atoms with E-state index in [4.69, 9.17) is 0 Å². The van der Waals surface area contributed by atoms with Gasteiger partial charge >= 0.3 is 0 Å². The highest BCUT2D eigenvalue weighted by Gasteiger charge is 2.57. The largest absolute Gasteiger partial charge is 0.335 e. The van der Waals surface area contributed by atoms with E-state index in [-0.39, 0.29) is 0 Å². The van der Waals surface area contributed by atoms with Gasteiger partial charge < -0.3 is 10.2 Å². The molecule has 1 spiro atoms. The van der Waals surface area contributed by atoms with E-state index in [1.165, 1.54) is 24.8 Å². The molecule has 0 bridgehead atoms. The fourth-order valence-electron chi connectivity index (χ4n) is 3.69. The Morgan fingerprint density at radius 1 is 1.50 bits per heavy atom. The van der Waals surface area contributed by atoms with Crippen LogP contribution in [0.25, 0.3) is 0 Å². The van der Waals surface area contributed by atoms with Gasteiger partial charge in [0.2, 0.25) is 5.91 Å². The van der Waals surface area contributed by atoms with Crippen molar-refractivity contribution >= 4 is 29.0 Å². The Balaban J connectivity index is 1.65. The highest BCUT2D eigenvalue weighted by molar-refractivity contribution is 7.98. The van der Waals surface area contributed by atoms with Crippen molar-refractivity contribution in [2.75, 3.05) is 25.1 Å². The molecule has 1 saturated carbocycles. The normalized spacial score (nSPS) is 22.7. The number of amides is 1. The van der Waals surface area contributed by atoms with Crippen molar-refractivity contribution in [1.82, 2.24) is 10.2 Å². The van der Waals surface area contributed by atoms with Gasteiger partial charge in [-0.15, -0.1) is 0 Å². The number of nitrogens with one attached hydrogen (secondary N) is 1. The van der Waals surface area contributed by atoms with E-state index in [1.807, 2.05) is 11.8 Å². The highest BCUT2D eigenvalue weighted by atomic mass is 32.2. The molecular weight excluding hydrogens is 312 g/mol. The molecule has 1 atom stereocenters. The van der Waals surface area contributed by atoms with E-state index >= 15 is 0 Å². The van der Waals surface area contributed by atoms with Crippen LogP contribution in [0.3, 0.4) is 0 Å². The van der Waals surface area contributed by atoms with Crippen LogP contribution >= 0.6 is 23.1 Å². The Labute approximate surface area is 141 Å². The van der Waals surface area contributed by atoms with Gasteiger partial charge in [-0.3, -0.25) is 4.79 Å². The molecule has 3 nitrogen and oxygen atoms in total. The number of carbonyl (C=O) groups is 1. The van der Waals surface area contributed by atoms with Crippen LogP contribution in [0.15, 0.2) is 16.8 Å². The quantitative estimate of drug-likeness (QED) is 0.774. The third-order valence-corrected chi connectivity index (χ3v) is 6.54. The summed E-state index contributed by atoms with van der Waals surface area (Å²) in [7, 11) is 0. The van der Waals surface area contributed by atoms with Gasteiger partial charge in [0.1, 0.15) is 0 Å². The molecule has 3 rings (SSSR count). The maximum absolute atomic E-state index is 12.8. The Morgan fingerprint density at radius 2 is 2.32 bits per heavy atom. The zero-order chi connectivity index (χ0) is 15.4. The predicted molar refractivity (Wildman–Crippen MR) is 95.4 cm³/mol. The molecule has 2 aliphatic rings. The Morgan fingerprint density at radius 3 is 3.00 bits per heavy atom. The van der Waals surface area contributed by atoms with Gasteiger partial charge in [0.15, 0.2) is 0 Å². The van der Waals surface area contributed by atoms with Crippen molar-refractivity contribution in [1.29, 1.82) is 0 Å². The van der Waals surface area contributed by atoms with Gasteiger partial charge in [0, 0.05) is 19.0 Å². The summed E-state index contributed by atoms with van der Waals surface area (Å²) in [5.74, 6) is 1.44. The number of nitrogens with zero attached hydrogens (tertiary/aromatic N) is 1. The number of thioether (sulfide) groups is 1. The van der Waals surface area contributed by atoms with Crippen molar-refractivity contribution in [3.05, 3.63) is 22.4 Å². The Hall–Kier alpha value is -0.520. The topological polar surface area (TPSA) is 32.3 Å². The number of hydrogen-bond acceptors (Lipinski definition) is 4. The Bertz CT molecular complexity index is 483. The second-order valence-corrected chi connectivity index (χ2v) is 8.35. The summed E-state index contributed by atoms with van der Waals surface area (Å²) < 4.78 is 0. The maximum atomic E-state index is 12.8. The molecule has 1 saturated heterocycles. The summed E-state index contributed by atoms with van der Waals surface area (Å²) in [5.41, 5.74) is 1.72. The number of piperidine rings is 1. The molecule has 1 aromatic heterocycles. The number of thiophene rings is 1. The second kappa shape index (κ2) is 7.37. The molecule has 0 aromatic carbocycles.